The summed E-state index contributed by atoms with van der Waals surface area (Å²) in [5.41, 5.74) is 2.23. The van der Waals surface area contributed by atoms with Gasteiger partial charge in [0.25, 0.3) is 11.8 Å². The SMILES string of the molecule is O=C1c2ccccc2C(=O)N1C[C@H]1CN(Cc2ccccc2)CCO1. The molecule has 2 aromatic carbocycles. The Hall–Kier alpha value is -2.50. The van der Waals surface area contributed by atoms with Crippen molar-refractivity contribution in [3.8, 4) is 0 Å². The molecule has 128 valence electrons. The number of benzene rings is 2. The first-order valence-electron chi connectivity index (χ1n) is 8.55. The minimum absolute atomic E-state index is 0.153. The number of ether oxygens (including phenoxy) is 1. The molecule has 0 unspecified atom stereocenters. The predicted octanol–water partition coefficient (Wildman–Crippen LogP) is 2.18. The molecule has 0 spiro atoms. The van der Waals surface area contributed by atoms with E-state index < -0.39 is 0 Å². The molecule has 2 aliphatic heterocycles. The van der Waals surface area contributed by atoms with Crippen LogP contribution in [0, 0.1) is 0 Å². The van der Waals surface area contributed by atoms with E-state index in [9.17, 15) is 9.59 Å². The lowest BCUT2D eigenvalue weighted by molar-refractivity contribution is -0.0400. The Morgan fingerprint density at radius 2 is 1.56 bits per heavy atom. The summed E-state index contributed by atoms with van der Waals surface area (Å²) in [4.78, 5) is 28.6. The van der Waals surface area contributed by atoms with Crippen LogP contribution in [0.4, 0.5) is 0 Å². The first kappa shape index (κ1) is 16.0. The van der Waals surface area contributed by atoms with E-state index in [2.05, 4.69) is 17.0 Å². The molecule has 0 radical (unpaired) electrons. The normalized spacial score (nSPS) is 20.8. The van der Waals surface area contributed by atoms with Gasteiger partial charge in [-0.2, -0.15) is 0 Å². The minimum atomic E-state index is -0.218. The average molecular weight is 336 g/mol. The van der Waals surface area contributed by atoms with Crippen molar-refractivity contribution in [1.82, 2.24) is 9.80 Å². The van der Waals surface area contributed by atoms with Crippen LogP contribution in [0.25, 0.3) is 0 Å². The van der Waals surface area contributed by atoms with Crippen LogP contribution < -0.4 is 0 Å². The predicted molar refractivity (Wildman–Crippen MR) is 93.3 cm³/mol. The topological polar surface area (TPSA) is 49.9 Å². The van der Waals surface area contributed by atoms with Crippen LogP contribution in [0.2, 0.25) is 0 Å². The van der Waals surface area contributed by atoms with Crippen LogP contribution in [0.1, 0.15) is 26.3 Å². The molecule has 0 bridgehead atoms. The maximum absolute atomic E-state index is 12.5. The number of hydrogen-bond acceptors (Lipinski definition) is 4. The van der Waals surface area contributed by atoms with Crippen molar-refractivity contribution in [2.45, 2.75) is 12.6 Å². The zero-order chi connectivity index (χ0) is 17.2. The molecule has 1 fully saturated rings. The summed E-state index contributed by atoms with van der Waals surface area (Å²) in [6.45, 7) is 3.33. The number of fused-ring (bicyclic) bond motifs is 1. The summed E-state index contributed by atoms with van der Waals surface area (Å²) in [7, 11) is 0. The van der Waals surface area contributed by atoms with Crippen molar-refractivity contribution in [2.24, 2.45) is 0 Å². The summed E-state index contributed by atoms with van der Waals surface area (Å²) >= 11 is 0. The van der Waals surface area contributed by atoms with E-state index >= 15 is 0 Å². The second-order valence-electron chi connectivity index (χ2n) is 6.48. The molecule has 1 atom stereocenters. The molecular weight excluding hydrogens is 316 g/mol. The highest BCUT2D eigenvalue weighted by Gasteiger charge is 2.37. The zero-order valence-corrected chi connectivity index (χ0v) is 13.9. The van der Waals surface area contributed by atoms with Gasteiger partial charge in [-0.1, -0.05) is 42.5 Å². The van der Waals surface area contributed by atoms with Gasteiger partial charge in [0.2, 0.25) is 0 Å². The van der Waals surface area contributed by atoms with Gasteiger partial charge in [0, 0.05) is 19.6 Å². The fourth-order valence-corrected chi connectivity index (χ4v) is 3.48. The Kier molecular flexibility index (Phi) is 4.34. The standard InChI is InChI=1S/C20H20N2O3/c23-19-17-8-4-5-9-18(17)20(24)22(19)14-16-13-21(10-11-25-16)12-15-6-2-1-3-7-15/h1-9,16H,10-14H2/t16-/m1/s1. The second kappa shape index (κ2) is 6.78. The summed E-state index contributed by atoms with van der Waals surface area (Å²) in [5.74, 6) is -0.436. The quantitative estimate of drug-likeness (QED) is 0.803. The fraction of sp³-hybridized carbons (Fsp3) is 0.300. The Balaban J connectivity index is 1.41. The number of morpholine rings is 1. The molecular formula is C20H20N2O3. The van der Waals surface area contributed by atoms with E-state index in [1.807, 2.05) is 18.2 Å². The number of imide groups is 1. The van der Waals surface area contributed by atoms with Crippen molar-refractivity contribution >= 4 is 11.8 Å². The third-order valence-electron chi connectivity index (χ3n) is 4.74. The third kappa shape index (κ3) is 3.21. The molecule has 1 saturated heterocycles. The van der Waals surface area contributed by atoms with Gasteiger partial charge in [0.1, 0.15) is 0 Å². The van der Waals surface area contributed by atoms with E-state index in [4.69, 9.17) is 4.74 Å². The Labute approximate surface area is 146 Å². The second-order valence-corrected chi connectivity index (χ2v) is 6.48. The van der Waals surface area contributed by atoms with Gasteiger partial charge in [0.15, 0.2) is 0 Å². The van der Waals surface area contributed by atoms with Gasteiger partial charge >= 0.3 is 0 Å². The summed E-state index contributed by atoms with van der Waals surface area (Å²) < 4.78 is 5.82. The molecule has 2 aromatic rings. The zero-order valence-electron chi connectivity index (χ0n) is 13.9. The molecule has 0 aromatic heterocycles. The third-order valence-corrected chi connectivity index (χ3v) is 4.74. The molecule has 0 saturated carbocycles. The molecule has 0 aliphatic carbocycles. The van der Waals surface area contributed by atoms with E-state index in [1.54, 1.807) is 24.3 Å². The number of rotatable bonds is 4. The van der Waals surface area contributed by atoms with Crippen LogP contribution in [-0.4, -0.2) is 54.0 Å². The smallest absolute Gasteiger partial charge is 0.261 e. The largest absolute Gasteiger partial charge is 0.374 e. The molecule has 25 heavy (non-hydrogen) atoms. The highest BCUT2D eigenvalue weighted by atomic mass is 16.5. The number of nitrogens with zero attached hydrogens (tertiary/aromatic N) is 2. The van der Waals surface area contributed by atoms with Crippen molar-refractivity contribution in [3.05, 3.63) is 71.3 Å². The lowest BCUT2D eigenvalue weighted by Crippen LogP contribution is -2.48. The first-order chi connectivity index (χ1) is 12.2. The van der Waals surface area contributed by atoms with Gasteiger partial charge in [-0.25, -0.2) is 0 Å². The van der Waals surface area contributed by atoms with Gasteiger partial charge in [-0.3, -0.25) is 19.4 Å². The van der Waals surface area contributed by atoms with Gasteiger partial charge in [0.05, 0.1) is 30.4 Å². The number of carbonyl (C=O) groups is 2. The number of carbonyl (C=O) groups excluding carboxylic acids is 2. The average Bonchev–Trinajstić information content (AvgIpc) is 2.88. The minimum Gasteiger partial charge on any atom is -0.374 e. The monoisotopic (exact) mass is 336 g/mol. The van der Waals surface area contributed by atoms with Gasteiger partial charge in [-0.15, -0.1) is 0 Å². The van der Waals surface area contributed by atoms with E-state index in [0.717, 1.165) is 13.1 Å². The van der Waals surface area contributed by atoms with Gasteiger partial charge < -0.3 is 4.74 Å². The van der Waals surface area contributed by atoms with Crippen LogP contribution >= 0.6 is 0 Å². The molecule has 2 heterocycles. The van der Waals surface area contributed by atoms with E-state index in [0.29, 0.717) is 30.8 Å². The number of amides is 2. The maximum Gasteiger partial charge on any atom is 0.261 e. The Morgan fingerprint density at radius 3 is 2.24 bits per heavy atom. The fourth-order valence-electron chi connectivity index (χ4n) is 3.48. The Bertz CT molecular complexity index is 756. The number of hydrogen-bond donors (Lipinski definition) is 0. The highest BCUT2D eigenvalue weighted by molar-refractivity contribution is 6.21. The lowest BCUT2D eigenvalue weighted by Gasteiger charge is -2.34. The van der Waals surface area contributed by atoms with Crippen LogP contribution in [-0.2, 0) is 11.3 Å². The maximum atomic E-state index is 12.5. The summed E-state index contributed by atoms with van der Waals surface area (Å²) in [6, 6.07) is 17.3. The van der Waals surface area contributed by atoms with Crippen LogP contribution in [0.5, 0.6) is 0 Å². The van der Waals surface area contributed by atoms with Crippen molar-refractivity contribution in [2.75, 3.05) is 26.2 Å². The van der Waals surface area contributed by atoms with Crippen LogP contribution in [0.15, 0.2) is 54.6 Å². The van der Waals surface area contributed by atoms with Crippen molar-refractivity contribution in [1.29, 1.82) is 0 Å². The summed E-state index contributed by atoms with van der Waals surface area (Å²) in [6.07, 6.45) is -0.153. The van der Waals surface area contributed by atoms with E-state index in [1.165, 1.54) is 10.5 Å². The van der Waals surface area contributed by atoms with E-state index in [-0.39, 0.29) is 17.9 Å². The Morgan fingerprint density at radius 1 is 0.920 bits per heavy atom. The molecule has 5 heteroatoms. The molecule has 0 N–H and O–H groups in total. The van der Waals surface area contributed by atoms with Crippen LogP contribution in [0.3, 0.4) is 0 Å². The molecule has 2 aliphatic rings. The van der Waals surface area contributed by atoms with Crippen molar-refractivity contribution in [3.63, 3.8) is 0 Å². The molecule has 5 nitrogen and oxygen atoms in total. The first-order valence-corrected chi connectivity index (χ1v) is 8.55. The molecule has 2 amide bonds. The van der Waals surface area contributed by atoms with Crippen molar-refractivity contribution < 1.29 is 14.3 Å². The van der Waals surface area contributed by atoms with Gasteiger partial charge in [-0.05, 0) is 17.7 Å². The summed E-state index contributed by atoms with van der Waals surface area (Å²) in [5, 5.41) is 0. The highest BCUT2D eigenvalue weighted by Crippen LogP contribution is 2.23. The lowest BCUT2D eigenvalue weighted by atomic mass is 10.1. The molecule has 4 rings (SSSR count).